The normalized spacial score (nSPS) is 25.1. The lowest BCUT2D eigenvalue weighted by Crippen LogP contribution is -2.51. The number of thioether (sulfide) groups is 1. The molecule has 5 rings (SSSR count). The van der Waals surface area contributed by atoms with Crippen LogP contribution in [0.15, 0.2) is 59.8 Å². The summed E-state index contributed by atoms with van der Waals surface area (Å²) in [6.45, 7) is 4.37. The van der Waals surface area contributed by atoms with Crippen molar-refractivity contribution >= 4 is 17.7 Å². The number of rotatable bonds is 8. The SMILES string of the molecule is O=C(NC1CC1)[C@@H]1C[C@@H](Sc2ccccn2)CN1C1CCN(CCc2ccccc2)CC1. The van der Waals surface area contributed by atoms with Crippen LogP contribution in [-0.4, -0.2) is 70.2 Å². The van der Waals surface area contributed by atoms with E-state index in [-0.39, 0.29) is 11.9 Å². The van der Waals surface area contributed by atoms with Gasteiger partial charge in [0.15, 0.2) is 0 Å². The first-order valence-electron chi connectivity index (χ1n) is 12.1. The van der Waals surface area contributed by atoms with Crippen LogP contribution in [-0.2, 0) is 11.2 Å². The highest BCUT2D eigenvalue weighted by atomic mass is 32.2. The Labute approximate surface area is 196 Å². The Hall–Kier alpha value is -1.89. The Morgan fingerprint density at radius 2 is 1.81 bits per heavy atom. The van der Waals surface area contributed by atoms with Crippen LogP contribution in [0.1, 0.15) is 37.7 Å². The zero-order valence-electron chi connectivity index (χ0n) is 18.7. The van der Waals surface area contributed by atoms with E-state index in [1.54, 1.807) is 0 Å². The molecule has 0 radical (unpaired) electrons. The molecule has 3 fully saturated rings. The molecule has 0 spiro atoms. The maximum absolute atomic E-state index is 13.1. The van der Waals surface area contributed by atoms with Gasteiger partial charge < -0.3 is 10.2 Å². The first-order chi connectivity index (χ1) is 15.7. The third-order valence-corrected chi connectivity index (χ3v) is 8.20. The van der Waals surface area contributed by atoms with E-state index in [4.69, 9.17) is 0 Å². The molecule has 1 aromatic heterocycles. The van der Waals surface area contributed by atoms with Gasteiger partial charge in [0.05, 0.1) is 11.1 Å². The molecule has 32 heavy (non-hydrogen) atoms. The molecule has 2 saturated heterocycles. The van der Waals surface area contributed by atoms with Crippen LogP contribution in [0.5, 0.6) is 0 Å². The van der Waals surface area contributed by atoms with Crippen molar-refractivity contribution in [2.45, 2.75) is 66.9 Å². The minimum atomic E-state index is 0.0117. The summed E-state index contributed by atoms with van der Waals surface area (Å²) in [5.74, 6) is 0.253. The molecule has 0 unspecified atom stereocenters. The Morgan fingerprint density at radius 3 is 2.53 bits per heavy atom. The van der Waals surface area contributed by atoms with Gasteiger partial charge in [-0.1, -0.05) is 36.4 Å². The lowest BCUT2D eigenvalue weighted by molar-refractivity contribution is -0.126. The van der Waals surface area contributed by atoms with Crippen molar-refractivity contribution < 1.29 is 4.79 Å². The molecule has 1 amide bonds. The fourth-order valence-electron chi connectivity index (χ4n) is 5.09. The number of nitrogens with one attached hydrogen (secondary N) is 1. The number of pyridine rings is 1. The van der Waals surface area contributed by atoms with E-state index < -0.39 is 0 Å². The zero-order valence-corrected chi connectivity index (χ0v) is 19.6. The number of likely N-dealkylation sites (tertiary alicyclic amines) is 2. The standard InChI is InChI=1S/C26H34N4OS/c31-26(28-21-9-10-21)24-18-23(32-25-8-4-5-14-27-25)19-30(24)22-12-16-29(17-13-22)15-11-20-6-2-1-3-7-20/h1-8,14,21-24H,9-13,15-19H2,(H,28,31)/t23-,24+/m1/s1. The van der Waals surface area contributed by atoms with Crippen LogP contribution in [0.3, 0.4) is 0 Å². The zero-order chi connectivity index (χ0) is 21.8. The van der Waals surface area contributed by atoms with Crippen LogP contribution in [0, 0.1) is 0 Å². The van der Waals surface area contributed by atoms with Crippen molar-refractivity contribution in [3.63, 3.8) is 0 Å². The number of hydrogen-bond donors (Lipinski definition) is 1. The molecule has 0 bridgehead atoms. The quantitative estimate of drug-likeness (QED) is 0.666. The molecule has 2 aliphatic heterocycles. The number of nitrogens with zero attached hydrogens (tertiary/aromatic N) is 3. The molecule has 3 heterocycles. The van der Waals surface area contributed by atoms with Crippen molar-refractivity contribution in [1.82, 2.24) is 20.1 Å². The summed E-state index contributed by atoms with van der Waals surface area (Å²) in [7, 11) is 0. The van der Waals surface area contributed by atoms with Crippen LogP contribution < -0.4 is 5.32 Å². The van der Waals surface area contributed by atoms with Gasteiger partial charge >= 0.3 is 0 Å². The highest BCUT2D eigenvalue weighted by molar-refractivity contribution is 7.99. The van der Waals surface area contributed by atoms with E-state index in [0.29, 0.717) is 17.3 Å². The van der Waals surface area contributed by atoms with Crippen LogP contribution in [0.4, 0.5) is 0 Å². The topological polar surface area (TPSA) is 48.5 Å². The molecule has 5 nitrogen and oxygen atoms in total. The molecule has 1 saturated carbocycles. The lowest BCUT2D eigenvalue weighted by atomic mass is 10.0. The number of carbonyl (C=O) groups is 1. The monoisotopic (exact) mass is 450 g/mol. The van der Waals surface area contributed by atoms with E-state index >= 15 is 0 Å². The highest BCUT2D eigenvalue weighted by Crippen LogP contribution is 2.35. The molecule has 2 aromatic rings. The van der Waals surface area contributed by atoms with E-state index in [1.165, 1.54) is 5.56 Å². The Morgan fingerprint density at radius 1 is 1.03 bits per heavy atom. The first-order valence-corrected chi connectivity index (χ1v) is 13.0. The van der Waals surface area contributed by atoms with E-state index in [0.717, 1.165) is 69.7 Å². The maximum atomic E-state index is 13.1. The second-order valence-corrected chi connectivity index (χ2v) is 10.8. The predicted molar refractivity (Wildman–Crippen MR) is 130 cm³/mol. The summed E-state index contributed by atoms with van der Waals surface area (Å²) in [6, 6.07) is 17.8. The van der Waals surface area contributed by atoms with Gasteiger partial charge in [-0.3, -0.25) is 9.69 Å². The lowest BCUT2D eigenvalue weighted by Gasteiger charge is -2.39. The van der Waals surface area contributed by atoms with Gasteiger partial charge in [-0.05, 0) is 69.3 Å². The van der Waals surface area contributed by atoms with Crippen LogP contribution in [0.2, 0.25) is 0 Å². The number of carbonyl (C=O) groups excluding carboxylic acids is 1. The van der Waals surface area contributed by atoms with Crippen molar-refractivity contribution in [1.29, 1.82) is 0 Å². The number of hydrogen-bond acceptors (Lipinski definition) is 5. The van der Waals surface area contributed by atoms with Gasteiger partial charge in [0, 0.05) is 36.6 Å². The molecule has 3 aliphatic rings. The fraction of sp³-hybridized carbons (Fsp3) is 0.538. The number of aromatic nitrogens is 1. The molecule has 1 aromatic carbocycles. The predicted octanol–water partition coefficient (Wildman–Crippen LogP) is 3.60. The average molecular weight is 451 g/mol. The number of benzene rings is 1. The summed E-state index contributed by atoms with van der Waals surface area (Å²) >= 11 is 1.84. The minimum absolute atomic E-state index is 0.0117. The van der Waals surface area contributed by atoms with Gasteiger partial charge in [-0.15, -0.1) is 11.8 Å². The minimum Gasteiger partial charge on any atom is -0.352 e. The smallest absolute Gasteiger partial charge is 0.237 e. The van der Waals surface area contributed by atoms with Gasteiger partial charge in [-0.2, -0.15) is 0 Å². The van der Waals surface area contributed by atoms with Crippen molar-refractivity contribution in [3.05, 3.63) is 60.3 Å². The summed E-state index contributed by atoms with van der Waals surface area (Å²) in [4.78, 5) is 22.7. The van der Waals surface area contributed by atoms with E-state index in [1.807, 2.05) is 30.1 Å². The first kappa shape index (κ1) is 21.9. The molecule has 1 aliphatic carbocycles. The Kier molecular flexibility index (Phi) is 7.10. The molecular formula is C26H34N4OS. The van der Waals surface area contributed by atoms with Crippen LogP contribution >= 0.6 is 11.8 Å². The molecule has 170 valence electrons. The molecular weight excluding hydrogens is 416 g/mol. The van der Waals surface area contributed by atoms with Crippen molar-refractivity contribution in [2.75, 3.05) is 26.2 Å². The largest absolute Gasteiger partial charge is 0.352 e. The molecule has 1 N–H and O–H groups in total. The third-order valence-electron chi connectivity index (χ3n) is 7.04. The molecule has 6 heteroatoms. The van der Waals surface area contributed by atoms with Gasteiger partial charge in [0.25, 0.3) is 0 Å². The highest BCUT2D eigenvalue weighted by Gasteiger charge is 2.42. The van der Waals surface area contributed by atoms with Crippen LogP contribution in [0.25, 0.3) is 0 Å². The number of amides is 1. The summed E-state index contributed by atoms with van der Waals surface area (Å²) in [6.07, 6.45) is 8.50. The fourth-order valence-corrected chi connectivity index (χ4v) is 6.23. The summed E-state index contributed by atoms with van der Waals surface area (Å²) < 4.78 is 0. The number of piperidine rings is 1. The second kappa shape index (κ2) is 10.4. The van der Waals surface area contributed by atoms with E-state index in [2.05, 4.69) is 56.5 Å². The van der Waals surface area contributed by atoms with Crippen molar-refractivity contribution in [2.24, 2.45) is 0 Å². The Bertz CT molecular complexity index is 868. The average Bonchev–Trinajstić information content (AvgIpc) is 3.55. The summed E-state index contributed by atoms with van der Waals surface area (Å²) in [5, 5.41) is 4.77. The van der Waals surface area contributed by atoms with E-state index in [9.17, 15) is 4.79 Å². The second-order valence-electron chi connectivity index (χ2n) is 9.45. The maximum Gasteiger partial charge on any atom is 0.237 e. The molecule has 2 atom stereocenters. The Balaban J connectivity index is 1.18. The summed E-state index contributed by atoms with van der Waals surface area (Å²) in [5.41, 5.74) is 1.42. The van der Waals surface area contributed by atoms with Gasteiger partial charge in [-0.25, -0.2) is 4.98 Å². The van der Waals surface area contributed by atoms with Crippen molar-refractivity contribution in [3.8, 4) is 0 Å². The van der Waals surface area contributed by atoms with Gasteiger partial charge in [0.1, 0.15) is 0 Å². The van der Waals surface area contributed by atoms with Gasteiger partial charge in [0.2, 0.25) is 5.91 Å². The third kappa shape index (κ3) is 5.72.